The number of rotatable bonds is 4. The molecule has 2 heteroatoms. The molecule has 0 spiro atoms. The molecule has 0 aliphatic rings. The topological polar surface area (TPSA) is 29.5 Å². The molecule has 2 nitrogen and oxygen atoms in total. The van der Waals surface area contributed by atoms with Gasteiger partial charge in [-0.25, -0.2) is 0 Å². The Morgan fingerprint density at radius 3 is 2.23 bits per heavy atom. The van der Waals surface area contributed by atoms with Gasteiger partial charge < -0.3 is 9.84 Å². The molecule has 112 valence electrons. The van der Waals surface area contributed by atoms with Crippen LogP contribution in [-0.4, -0.2) is 11.2 Å². The molecule has 3 aromatic carbocycles. The number of benzene rings is 3. The summed E-state index contributed by atoms with van der Waals surface area (Å²) in [6, 6.07) is 21.8. The predicted molar refractivity (Wildman–Crippen MR) is 90.2 cm³/mol. The number of aliphatic hydroxyl groups is 1. The van der Waals surface area contributed by atoms with Crippen LogP contribution in [0.2, 0.25) is 0 Å². The molecule has 0 heterocycles. The van der Waals surface area contributed by atoms with Crippen molar-refractivity contribution < 1.29 is 9.84 Å². The first-order valence-corrected chi connectivity index (χ1v) is 7.57. The minimum Gasteiger partial charge on any atom is -0.491 e. The van der Waals surface area contributed by atoms with Crippen LogP contribution in [0.15, 0.2) is 66.7 Å². The van der Waals surface area contributed by atoms with E-state index in [9.17, 15) is 5.11 Å². The summed E-state index contributed by atoms with van der Waals surface area (Å²) in [7, 11) is 0. The van der Waals surface area contributed by atoms with Crippen LogP contribution < -0.4 is 4.74 Å². The van der Waals surface area contributed by atoms with Crippen molar-refractivity contribution in [3.05, 3.63) is 77.9 Å². The van der Waals surface area contributed by atoms with E-state index in [1.165, 1.54) is 0 Å². The summed E-state index contributed by atoms with van der Waals surface area (Å²) in [4.78, 5) is 0. The van der Waals surface area contributed by atoms with E-state index in [4.69, 9.17) is 4.74 Å². The molecule has 0 radical (unpaired) electrons. The van der Waals surface area contributed by atoms with Crippen LogP contribution >= 0.6 is 0 Å². The second-order valence-electron chi connectivity index (χ2n) is 5.71. The van der Waals surface area contributed by atoms with Crippen molar-refractivity contribution in [2.75, 3.05) is 0 Å². The molecular formula is C20H20O2. The molecule has 0 fully saturated rings. The van der Waals surface area contributed by atoms with Gasteiger partial charge in [0.25, 0.3) is 0 Å². The van der Waals surface area contributed by atoms with Gasteiger partial charge in [0.15, 0.2) is 0 Å². The van der Waals surface area contributed by atoms with Gasteiger partial charge in [-0.2, -0.15) is 0 Å². The minimum absolute atomic E-state index is 0.147. The van der Waals surface area contributed by atoms with Crippen molar-refractivity contribution >= 4 is 10.8 Å². The van der Waals surface area contributed by atoms with Gasteiger partial charge >= 0.3 is 0 Å². The fourth-order valence-electron chi connectivity index (χ4n) is 2.67. The molecule has 0 bridgehead atoms. The summed E-state index contributed by atoms with van der Waals surface area (Å²) >= 11 is 0. The molecule has 0 saturated heterocycles. The van der Waals surface area contributed by atoms with Crippen molar-refractivity contribution in [1.82, 2.24) is 0 Å². The molecular weight excluding hydrogens is 272 g/mol. The average Bonchev–Trinajstić information content (AvgIpc) is 2.54. The Morgan fingerprint density at radius 1 is 0.818 bits per heavy atom. The van der Waals surface area contributed by atoms with Crippen molar-refractivity contribution in [1.29, 1.82) is 0 Å². The highest BCUT2D eigenvalue weighted by Crippen LogP contribution is 2.29. The lowest BCUT2D eigenvalue weighted by molar-refractivity contribution is 0.221. The molecule has 1 N–H and O–H groups in total. The van der Waals surface area contributed by atoms with E-state index in [1.54, 1.807) is 0 Å². The van der Waals surface area contributed by atoms with Gasteiger partial charge in [-0.05, 0) is 47.9 Å². The van der Waals surface area contributed by atoms with Crippen LogP contribution in [0, 0.1) is 0 Å². The number of hydrogen-bond donors (Lipinski definition) is 1. The second kappa shape index (κ2) is 6.20. The molecule has 0 amide bonds. The van der Waals surface area contributed by atoms with Gasteiger partial charge in [-0.1, -0.05) is 54.6 Å². The summed E-state index contributed by atoms with van der Waals surface area (Å²) in [6.07, 6.45) is -0.493. The molecule has 0 aliphatic heterocycles. The van der Waals surface area contributed by atoms with Crippen LogP contribution in [0.4, 0.5) is 0 Å². The quantitative estimate of drug-likeness (QED) is 0.754. The maximum absolute atomic E-state index is 10.7. The largest absolute Gasteiger partial charge is 0.491 e. The smallest absolute Gasteiger partial charge is 0.119 e. The Balaban J connectivity index is 1.94. The van der Waals surface area contributed by atoms with Gasteiger partial charge in [0.05, 0.1) is 6.10 Å². The number of ether oxygens (including phenoxy) is 1. The molecule has 3 aromatic rings. The Hall–Kier alpha value is -2.32. The van der Waals surface area contributed by atoms with Crippen LogP contribution in [0.25, 0.3) is 10.8 Å². The van der Waals surface area contributed by atoms with E-state index in [1.807, 2.05) is 68.4 Å². The van der Waals surface area contributed by atoms with Gasteiger partial charge in [0, 0.05) is 0 Å². The molecule has 22 heavy (non-hydrogen) atoms. The van der Waals surface area contributed by atoms with E-state index in [2.05, 4.69) is 12.1 Å². The lowest BCUT2D eigenvalue weighted by Crippen LogP contribution is -2.06. The number of aliphatic hydroxyl groups excluding tert-OH is 1. The molecule has 0 saturated carbocycles. The van der Waals surface area contributed by atoms with E-state index >= 15 is 0 Å². The number of hydrogen-bond acceptors (Lipinski definition) is 2. The highest BCUT2D eigenvalue weighted by Gasteiger charge is 2.13. The molecule has 1 unspecified atom stereocenters. The van der Waals surface area contributed by atoms with Crippen molar-refractivity contribution in [3.8, 4) is 5.75 Å². The standard InChI is InChI=1S/C20H20O2/c1-14(2)22-17-12-10-16(11-13-17)20(21)19-9-5-7-15-6-3-4-8-18(15)19/h3-14,20-21H,1-2H3. The van der Waals surface area contributed by atoms with Gasteiger partial charge in [-0.15, -0.1) is 0 Å². The Bertz CT molecular complexity index is 755. The van der Waals surface area contributed by atoms with Crippen LogP contribution in [0.1, 0.15) is 31.1 Å². The van der Waals surface area contributed by atoms with Crippen LogP contribution in [0.3, 0.4) is 0 Å². The second-order valence-corrected chi connectivity index (χ2v) is 5.71. The first kappa shape index (κ1) is 14.6. The summed E-state index contributed by atoms with van der Waals surface area (Å²) in [5.74, 6) is 0.823. The zero-order chi connectivity index (χ0) is 15.5. The molecule has 0 aliphatic carbocycles. The zero-order valence-electron chi connectivity index (χ0n) is 12.9. The summed E-state index contributed by atoms with van der Waals surface area (Å²) in [5, 5.41) is 12.9. The Labute approximate surface area is 131 Å². The third kappa shape index (κ3) is 2.97. The van der Waals surface area contributed by atoms with Gasteiger partial charge in [-0.3, -0.25) is 0 Å². The van der Waals surface area contributed by atoms with Crippen LogP contribution in [-0.2, 0) is 0 Å². The molecule has 0 aromatic heterocycles. The molecule has 3 rings (SSSR count). The van der Waals surface area contributed by atoms with E-state index in [0.29, 0.717) is 0 Å². The Kier molecular flexibility index (Phi) is 4.12. The zero-order valence-corrected chi connectivity index (χ0v) is 12.9. The first-order chi connectivity index (χ1) is 10.6. The van der Waals surface area contributed by atoms with Gasteiger partial charge in [0.1, 0.15) is 11.9 Å². The van der Waals surface area contributed by atoms with Crippen molar-refractivity contribution in [2.45, 2.75) is 26.1 Å². The van der Waals surface area contributed by atoms with Crippen molar-refractivity contribution in [2.24, 2.45) is 0 Å². The lowest BCUT2D eigenvalue weighted by atomic mass is 9.96. The summed E-state index contributed by atoms with van der Waals surface area (Å²) < 4.78 is 5.64. The van der Waals surface area contributed by atoms with Crippen molar-refractivity contribution in [3.63, 3.8) is 0 Å². The number of fused-ring (bicyclic) bond motifs is 1. The lowest BCUT2D eigenvalue weighted by Gasteiger charge is -2.15. The fraction of sp³-hybridized carbons (Fsp3) is 0.200. The van der Waals surface area contributed by atoms with E-state index in [0.717, 1.165) is 27.6 Å². The maximum atomic E-state index is 10.7. The van der Waals surface area contributed by atoms with E-state index < -0.39 is 6.10 Å². The highest BCUT2D eigenvalue weighted by atomic mass is 16.5. The predicted octanol–water partition coefficient (Wildman–Crippen LogP) is 4.71. The summed E-state index contributed by atoms with van der Waals surface area (Å²) in [5.41, 5.74) is 1.79. The highest BCUT2D eigenvalue weighted by molar-refractivity contribution is 5.86. The average molecular weight is 292 g/mol. The maximum Gasteiger partial charge on any atom is 0.119 e. The monoisotopic (exact) mass is 292 g/mol. The van der Waals surface area contributed by atoms with E-state index in [-0.39, 0.29) is 6.10 Å². The van der Waals surface area contributed by atoms with Crippen LogP contribution in [0.5, 0.6) is 5.75 Å². The normalized spacial score (nSPS) is 12.5. The first-order valence-electron chi connectivity index (χ1n) is 7.57. The SMILES string of the molecule is CC(C)Oc1ccc(C(O)c2cccc3ccccc23)cc1. The fourth-order valence-corrected chi connectivity index (χ4v) is 2.67. The third-order valence-electron chi connectivity index (χ3n) is 3.69. The third-order valence-corrected chi connectivity index (χ3v) is 3.69. The summed E-state index contributed by atoms with van der Waals surface area (Å²) in [6.45, 7) is 4.00. The van der Waals surface area contributed by atoms with Gasteiger partial charge in [0.2, 0.25) is 0 Å². The Morgan fingerprint density at radius 2 is 1.50 bits per heavy atom. The minimum atomic E-state index is -0.640. The molecule has 1 atom stereocenters.